The van der Waals surface area contributed by atoms with Crippen molar-refractivity contribution in [1.82, 2.24) is 14.3 Å². The van der Waals surface area contributed by atoms with E-state index < -0.39 is 0 Å². The molecule has 0 aliphatic heterocycles. The van der Waals surface area contributed by atoms with Gasteiger partial charge in [-0.3, -0.25) is 0 Å². The summed E-state index contributed by atoms with van der Waals surface area (Å²) in [5, 5.41) is 4.52. The van der Waals surface area contributed by atoms with Gasteiger partial charge in [0, 0.05) is 18.3 Å². The first-order chi connectivity index (χ1) is 11.8. The smallest absolute Gasteiger partial charge is 0.341 e. The number of rotatable bonds is 5. The highest BCUT2D eigenvalue weighted by atomic mass is 16.5. The van der Waals surface area contributed by atoms with Crippen molar-refractivity contribution in [3.05, 3.63) is 66.2 Å². The van der Waals surface area contributed by atoms with Gasteiger partial charge in [0.2, 0.25) is 0 Å². The third kappa shape index (κ3) is 2.52. The molecule has 24 heavy (non-hydrogen) atoms. The first kappa shape index (κ1) is 14.8. The Morgan fingerprint density at radius 1 is 1.17 bits per heavy atom. The molecule has 1 saturated carbocycles. The molecular weight excluding hydrogens is 302 g/mol. The summed E-state index contributed by atoms with van der Waals surface area (Å²) in [6, 6.07) is 12.1. The molecule has 1 fully saturated rings. The van der Waals surface area contributed by atoms with E-state index in [-0.39, 0.29) is 5.97 Å². The summed E-state index contributed by atoms with van der Waals surface area (Å²) in [7, 11) is 0. The number of nitrogens with zero attached hydrogens (tertiary/aromatic N) is 3. The van der Waals surface area contributed by atoms with Crippen LogP contribution in [0, 0.1) is 0 Å². The molecule has 5 nitrogen and oxygen atoms in total. The molecule has 1 aliphatic rings. The fraction of sp³-hybridized carbons (Fsp3) is 0.263. The zero-order valence-corrected chi connectivity index (χ0v) is 13.6. The summed E-state index contributed by atoms with van der Waals surface area (Å²) in [5.41, 5.74) is 3.55. The molecule has 0 amide bonds. The Balaban J connectivity index is 1.85. The third-order valence-electron chi connectivity index (χ3n) is 4.26. The topological polar surface area (TPSA) is 49.0 Å². The lowest BCUT2D eigenvalue weighted by Gasteiger charge is -2.14. The van der Waals surface area contributed by atoms with Gasteiger partial charge in [0.15, 0.2) is 0 Å². The van der Waals surface area contributed by atoms with Crippen LogP contribution in [0.3, 0.4) is 0 Å². The fourth-order valence-corrected chi connectivity index (χ4v) is 3.02. The van der Waals surface area contributed by atoms with Crippen LogP contribution in [0.4, 0.5) is 0 Å². The van der Waals surface area contributed by atoms with E-state index in [9.17, 15) is 4.79 Å². The monoisotopic (exact) mass is 321 g/mol. The average Bonchev–Trinajstić information content (AvgIpc) is 3.13. The van der Waals surface area contributed by atoms with Gasteiger partial charge in [0.25, 0.3) is 0 Å². The van der Waals surface area contributed by atoms with Crippen LogP contribution in [0.5, 0.6) is 0 Å². The maximum atomic E-state index is 12.3. The van der Waals surface area contributed by atoms with Crippen LogP contribution in [-0.2, 0) is 4.74 Å². The summed E-state index contributed by atoms with van der Waals surface area (Å²) in [6.07, 6.45) is 7.82. The van der Waals surface area contributed by atoms with E-state index in [0.717, 1.165) is 29.9 Å². The minimum absolute atomic E-state index is 0.288. The highest BCUT2D eigenvalue weighted by Gasteiger charge is 2.33. The van der Waals surface area contributed by atoms with Crippen molar-refractivity contribution in [2.75, 3.05) is 6.61 Å². The van der Waals surface area contributed by atoms with Crippen molar-refractivity contribution in [2.45, 2.75) is 25.7 Å². The molecule has 0 atom stereocenters. The summed E-state index contributed by atoms with van der Waals surface area (Å²) in [4.78, 5) is 12.3. The van der Waals surface area contributed by atoms with Crippen molar-refractivity contribution in [1.29, 1.82) is 0 Å². The average molecular weight is 321 g/mol. The Kier molecular flexibility index (Phi) is 3.69. The molecule has 0 N–H and O–H groups in total. The number of esters is 1. The summed E-state index contributed by atoms with van der Waals surface area (Å²) < 4.78 is 9.16. The number of hydrogen-bond acceptors (Lipinski definition) is 3. The molecule has 1 aromatic carbocycles. The number of benzene rings is 1. The van der Waals surface area contributed by atoms with Gasteiger partial charge < -0.3 is 9.30 Å². The lowest BCUT2D eigenvalue weighted by atomic mass is 10.1. The van der Waals surface area contributed by atoms with Crippen molar-refractivity contribution >= 4 is 5.97 Å². The minimum atomic E-state index is -0.288. The van der Waals surface area contributed by atoms with Gasteiger partial charge in [-0.05, 0) is 44.0 Å². The van der Waals surface area contributed by atoms with E-state index in [1.165, 1.54) is 0 Å². The molecule has 2 aromatic heterocycles. The number of hydrogen-bond donors (Lipinski definition) is 0. The highest BCUT2D eigenvalue weighted by Crippen LogP contribution is 2.43. The Morgan fingerprint density at radius 2 is 1.88 bits per heavy atom. The lowest BCUT2D eigenvalue weighted by Crippen LogP contribution is -2.10. The zero-order valence-electron chi connectivity index (χ0n) is 13.6. The van der Waals surface area contributed by atoms with E-state index in [0.29, 0.717) is 18.1 Å². The third-order valence-corrected chi connectivity index (χ3v) is 4.26. The summed E-state index contributed by atoms with van der Waals surface area (Å²) in [6.45, 7) is 2.19. The van der Waals surface area contributed by atoms with Gasteiger partial charge >= 0.3 is 5.97 Å². The van der Waals surface area contributed by atoms with Crippen molar-refractivity contribution < 1.29 is 9.53 Å². The van der Waals surface area contributed by atoms with Gasteiger partial charge in [-0.25, -0.2) is 9.48 Å². The minimum Gasteiger partial charge on any atom is -0.462 e. The molecular formula is C19H19N3O2. The van der Waals surface area contributed by atoms with Crippen LogP contribution in [-0.4, -0.2) is 26.9 Å². The maximum absolute atomic E-state index is 12.3. The number of para-hydroxylation sites is 2. The molecule has 0 spiro atoms. The molecule has 0 bridgehead atoms. The van der Waals surface area contributed by atoms with Crippen molar-refractivity contribution in [3.8, 4) is 11.4 Å². The van der Waals surface area contributed by atoms with Gasteiger partial charge in [-0.1, -0.05) is 12.1 Å². The molecule has 1 aliphatic carbocycles. The second-order valence-corrected chi connectivity index (χ2v) is 5.93. The van der Waals surface area contributed by atoms with E-state index in [1.54, 1.807) is 6.20 Å². The SMILES string of the molecule is CCOC(=O)c1cnn(-c2ccccc2-n2cccc2)c1C1CC1. The predicted octanol–water partition coefficient (Wildman–Crippen LogP) is 3.72. The fourth-order valence-electron chi connectivity index (χ4n) is 3.02. The van der Waals surface area contributed by atoms with E-state index in [4.69, 9.17) is 4.74 Å². The molecule has 122 valence electrons. The molecule has 0 unspecified atom stereocenters. The van der Waals surface area contributed by atoms with Crippen molar-refractivity contribution in [2.24, 2.45) is 0 Å². The Bertz CT molecular complexity index is 861. The van der Waals surface area contributed by atoms with Gasteiger partial charge in [-0.2, -0.15) is 5.10 Å². The quantitative estimate of drug-likeness (QED) is 0.673. The Hall–Kier alpha value is -2.82. The van der Waals surface area contributed by atoms with Gasteiger partial charge in [-0.15, -0.1) is 0 Å². The Morgan fingerprint density at radius 3 is 2.54 bits per heavy atom. The highest BCUT2D eigenvalue weighted by molar-refractivity contribution is 5.91. The maximum Gasteiger partial charge on any atom is 0.341 e. The normalized spacial score (nSPS) is 13.9. The first-order valence-electron chi connectivity index (χ1n) is 8.27. The van der Waals surface area contributed by atoms with Crippen molar-refractivity contribution in [3.63, 3.8) is 0 Å². The van der Waals surface area contributed by atoms with E-state index in [1.807, 2.05) is 54.3 Å². The Labute approximate surface area is 140 Å². The molecule has 4 rings (SSSR count). The van der Waals surface area contributed by atoms with Gasteiger partial charge in [0.05, 0.1) is 29.9 Å². The lowest BCUT2D eigenvalue weighted by molar-refractivity contribution is 0.0525. The number of ether oxygens (including phenoxy) is 1. The molecule has 3 aromatic rings. The zero-order chi connectivity index (χ0) is 16.5. The van der Waals surface area contributed by atoms with Gasteiger partial charge in [0.1, 0.15) is 5.56 Å². The largest absolute Gasteiger partial charge is 0.462 e. The van der Waals surface area contributed by atoms with Crippen LogP contribution >= 0.6 is 0 Å². The standard InChI is InChI=1S/C19H19N3O2/c1-2-24-19(23)15-13-20-22(18(15)14-9-10-14)17-8-4-3-7-16(17)21-11-5-6-12-21/h3-8,11-14H,2,9-10H2,1H3. The molecule has 0 radical (unpaired) electrons. The summed E-state index contributed by atoms with van der Waals surface area (Å²) in [5.74, 6) is 0.0914. The molecule has 5 heteroatoms. The van der Waals surface area contributed by atoms with Crippen LogP contribution < -0.4 is 0 Å². The van der Waals surface area contributed by atoms with E-state index in [2.05, 4.69) is 15.7 Å². The van der Waals surface area contributed by atoms with Crippen LogP contribution in [0.15, 0.2) is 55.0 Å². The summed E-state index contributed by atoms with van der Waals surface area (Å²) >= 11 is 0. The number of carbonyl (C=O) groups is 1. The van der Waals surface area contributed by atoms with Crippen LogP contribution in [0.2, 0.25) is 0 Å². The predicted molar refractivity (Wildman–Crippen MR) is 90.8 cm³/mol. The number of aromatic nitrogens is 3. The second kappa shape index (κ2) is 6.00. The van der Waals surface area contributed by atoms with E-state index >= 15 is 0 Å². The van der Waals surface area contributed by atoms with Crippen LogP contribution in [0.1, 0.15) is 41.7 Å². The number of carbonyl (C=O) groups excluding carboxylic acids is 1. The second-order valence-electron chi connectivity index (χ2n) is 5.93. The van der Waals surface area contributed by atoms with Crippen LogP contribution in [0.25, 0.3) is 11.4 Å². The molecule has 0 saturated heterocycles. The molecule has 2 heterocycles. The first-order valence-corrected chi connectivity index (χ1v) is 8.27.